The summed E-state index contributed by atoms with van der Waals surface area (Å²) in [6, 6.07) is 0. The van der Waals surface area contributed by atoms with Crippen LogP contribution in [0.3, 0.4) is 0 Å². The highest BCUT2D eigenvalue weighted by Crippen LogP contribution is 2.69. The summed E-state index contributed by atoms with van der Waals surface area (Å²) in [6.45, 7) is 8.17. The fraction of sp³-hybridized carbons (Fsp3) is 0.857. The monoisotopic (exact) mass is 612 g/mol. The number of primary sulfonamides is 1. The lowest BCUT2D eigenvalue weighted by Gasteiger charge is -2.63. The minimum atomic E-state index is -3.98. The first kappa shape index (κ1) is 30.8. The number of carbonyl (C=O) groups excluding carboxylic acids is 2. The number of anilines is 1. The van der Waals surface area contributed by atoms with Crippen LogP contribution in [0.25, 0.3) is 0 Å². The average molecular weight is 613 g/mol. The minimum absolute atomic E-state index is 0.00156. The molecule has 1 aromatic heterocycles. The van der Waals surface area contributed by atoms with Gasteiger partial charge in [0.1, 0.15) is 6.10 Å². The Morgan fingerprint density at radius 3 is 2.54 bits per heavy atom. The van der Waals surface area contributed by atoms with Gasteiger partial charge in [-0.3, -0.25) is 9.59 Å². The van der Waals surface area contributed by atoms with Crippen LogP contribution in [0.2, 0.25) is 0 Å². The molecule has 13 heteroatoms. The molecule has 5 N–H and O–H groups in total. The largest absolute Gasteiger partial charge is 0.462 e. The van der Waals surface area contributed by atoms with Crippen molar-refractivity contribution in [1.82, 2.24) is 10.2 Å². The molecule has 11 nitrogen and oxygen atoms in total. The number of amides is 1. The van der Waals surface area contributed by atoms with Crippen molar-refractivity contribution in [2.75, 3.05) is 5.32 Å². The fourth-order valence-electron chi connectivity index (χ4n) is 9.60. The number of nitrogens with one attached hydrogen (secondary N) is 1. The van der Waals surface area contributed by atoms with Gasteiger partial charge in [0.15, 0.2) is 0 Å². The summed E-state index contributed by atoms with van der Waals surface area (Å²) >= 11 is 0.713. The van der Waals surface area contributed by atoms with Gasteiger partial charge in [0, 0.05) is 18.8 Å². The van der Waals surface area contributed by atoms with Crippen molar-refractivity contribution in [3.63, 3.8) is 0 Å². The number of nitrogens with two attached hydrogens (primary N) is 1. The predicted molar refractivity (Wildman–Crippen MR) is 152 cm³/mol. The number of aliphatic hydroxyl groups excluding tert-OH is 2. The van der Waals surface area contributed by atoms with Crippen LogP contribution in [-0.4, -0.2) is 59.0 Å². The highest BCUT2D eigenvalue weighted by molar-refractivity contribution is 7.91. The predicted octanol–water partition coefficient (Wildman–Crippen LogP) is 3.07. The second-order valence-corrected chi connectivity index (χ2v) is 16.3. The van der Waals surface area contributed by atoms with E-state index in [0.717, 1.165) is 32.1 Å². The Morgan fingerprint density at radius 2 is 1.88 bits per heavy atom. The quantitative estimate of drug-likeness (QED) is 0.266. The van der Waals surface area contributed by atoms with Gasteiger partial charge in [-0.05, 0) is 92.3 Å². The van der Waals surface area contributed by atoms with Crippen LogP contribution in [0, 0.1) is 46.3 Å². The van der Waals surface area contributed by atoms with E-state index in [2.05, 4.69) is 36.3 Å². The fourth-order valence-corrected chi connectivity index (χ4v) is 10.9. The first-order valence-corrected chi connectivity index (χ1v) is 17.2. The summed E-state index contributed by atoms with van der Waals surface area (Å²) in [5.41, 5.74) is -0.330. The number of rotatable bonds is 7. The van der Waals surface area contributed by atoms with E-state index in [1.54, 1.807) is 0 Å². The number of esters is 1. The summed E-state index contributed by atoms with van der Waals surface area (Å²) in [6.07, 6.45) is 5.50. The third kappa shape index (κ3) is 5.57. The van der Waals surface area contributed by atoms with E-state index in [0.29, 0.717) is 30.6 Å². The Balaban J connectivity index is 1.32. The van der Waals surface area contributed by atoms with Crippen LogP contribution in [-0.2, 0) is 24.3 Å². The molecule has 0 bridgehead atoms. The number of aliphatic hydroxyl groups is 2. The highest BCUT2D eigenvalue weighted by Gasteiger charge is 2.66. The number of fused-ring (bicyclic) bond motifs is 5. The average Bonchev–Trinajstić information content (AvgIpc) is 3.49. The lowest BCUT2D eigenvalue weighted by atomic mass is 9.43. The molecule has 4 aliphatic carbocycles. The Labute approximate surface area is 246 Å². The summed E-state index contributed by atoms with van der Waals surface area (Å²) in [5.74, 6) is 0.572. The van der Waals surface area contributed by atoms with E-state index in [9.17, 15) is 28.2 Å². The Bertz CT molecular complexity index is 1270. The summed E-state index contributed by atoms with van der Waals surface area (Å²) in [5, 5.41) is 37.0. The molecule has 4 aliphatic rings. The zero-order valence-electron chi connectivity index (χ0n) is 24.3. The molecule has 4 fully saturated rings. The lowest BCUT2D eigenvalue weighted by Crippen LogP contribution is -2.63. The van der Waals surface area contributed by atoms with Crippen LogP contribution in [0.4, 0.5) is 5.13 Å². The van der Waals surface area contributed by atoms with Crippen molar-refractivity contribution in [3.05, 3.63) is 0 Å². The first-order valence-electron chi connectivity index (χ1n) is 14.8. The van der Waals surface area contributed by atoms with E-state index in [1.165, 1.54) is 6.92 Å². The Kier molecular flexibility index (Phi) is 8.34. The molecule has 41 heavy (non-hydrogen) atoms. The van der Waals surface area contributed by atoms with E-state index >= 15 is 0 Å². The van der Waals surface area contributed by atoms with Crippen LogP contribution < -0.4 is 10.5 Å². The number of carbonyl (C=O) groups is 2. The van der Waals surface area contributed by atoms with Crippen molar-refractivity contribution < 1.29 is 33.0 Å². The Hall–Kier alpha value is -1.67. The van der Waals surface area contributed by atoms with Gasteiger partial charge in [0.2, 0.25) is 15.4 Å². The zero-order valence-corrected chi connectivity index (χ0v) is 25.9. The topological polar surface area (TPSA) is 182 Å². The Morgan fingerprint density at radius 1 is 1.15 bits per heavy atom. The van der Waals surface area contributed by atoms with Crippen molar-refractivity contribution >= 4 is 38.4 Å². The van der Waals surface area contributed by atoms with Crippen LogP contribution in [0.1, 0.15) is 85.5 Å². The van der Waals surface area contributed by atoms with Crippen LogP contribution in [0.15, 0.2) is 4.34 Å². The molecule has 1 aromatic rings. The summed E-state index contributed by atoms with van der Waals surface area (Å²) < 4.78 is 28.7. The molecule has 0 aliphatic heterocycles. The molecule has 1 heterocycles. The smallest absolute Gasteiger partial charge is 0.302 e. The third-order valence-corrected chi connectivity index (χ3v) is 13.7. The van der Waals surface area contributed by atoms with Crippen molar-refractivity contribution in [3.8, 4) is 0 Å². The van der Waals surface area contributed by atoms with Gasteiger partial charge in [-0.25, -0.2) is 13.6 Å². The number of sulfonamides is 1. The second kappa shape index (κ2) is 11.1. The molecule has 0 radical (unpaired) electrons. The van der Waals surface area contributed by atoms with Gasteiger partial charge in [0.05, 0.1) is 12.2 Å². The molecule has 4 saturated carbocycles. The van der Waals surface area contributed by atoms with Crippen LogP contribution in [0.5, 0.6) is 0 Å². The highest BCUT2D eigenvalue weighted by atomic mass is 32.2. The number of hydrogen-bond donors (Lipinski definition) is 4. The molecule has 5 rings (SSSR count). The molecule has 1 amide bonds. The summed E-state index contributed by atoms with van der Waals surface area (Å²) in [4.78, 5) is 25.1. The van der Waals surface area contributed by atoms with E-state index < -0.39 is 16.1 Å². The lowest BCUT2D eigenvalue weighted by molar-refractivity contribution is -0.217. The van der Waals surface area contributed by atoms with Gasteiger partial charge in [-0.2, -0.15) is 0 Å². The summed E-state index contributed by atoms with van der Waals surface area (Å²) in [7, 11) is -3.98. The minimum Gasteiger partial charge on any atom is -0.462 e. The van der Waals surface area contributed by atoms with Crippen LogP contribution >= 0.6 is 11.3 Å². The number of aromatic nitrogens is 2. The van der Waals surface area contributed by atoms with Gasteiger partial charge in [0.25, 0.3) is 10.0 Å². The molecule has 0 aromatic carbocycles. The van der Waals surface area contributed by atoms with Crippen molar-refractivity contribution in [2.45, 2.75) is 108 Å². The maximum atomic E-state index is 12.7. The third-order valence-electron chi connectivity index (χ3n) is 11.5. The molecule has 0 spiro atoms. The molecule has 11 atom stereocenters. The van der Waals surface area contributed by atoms with E-state index in [4.69, 9.17) is 9.88 Å². The number of hydrogen-bond acceptors (Lipinski definition) is 10. The van der Waals surface area contributed by atoms with E-state index in [1.807, 2.05) is 0 Å². The zero-order chi connectivity index (χ0) is 29.9. The standard InChI is InChI=1S/C28H44N4O7S2/c1-14(5-8-23(36)30-25-31-32-26(40-25)41(29,37)38)18-6-7-19-24-20(13-22(28(18,19)4)39-15(2)33)27(3)10-9-17(34)11-16(27)12-21(24)35/h14,16-22,24,34-35H,5-13H2,1-4H3,(H2,29,37,38)(H,30,31,36). The maximum absolute atomic E-state index is 12.7. The first-order chi connectivity index (χ1) is 19.1. The molecule has 11 unspecified atom stereocenters. The molecule has 230 valence electrons. The SMILES string of the molecule is CC(=O)OC1CC2C(C(O)CC3CC(O)CCC32C)C2CCC(C(C)CCC(=O)Nc3nnc(S(N)(=O)=O)s3)C12C. The van der Waals surface area contributed by atoms with Gasteiger partial charge in [-0.15, -0.1) is 10.2 Å². The van der Waals surface area contributed by atoms with Crippen molar-refractivity contribution in [1.29, 1.82) is 0 Å². The number of nitrogens with zero attached hydrogens (tertiary/aromatic N) is 2. The molecular weight excluding hydrogens is 568 g/mol. The normalized spacial score (nSPS) is 41.0. The number of ether oxygens (including phenoxy) is 1. The second-order valence-electron chi connectivity index (χ2n) is 13.6. The maximum Gasteiger partial charge on any atom is 0.302 e. The van der Waals surface area contributed by atoms with Gasteiger partial charge in [-0.1, -0.05) is 32.1 Å². The van der Waals surface area contributed by atoms with Gasteiger partial charge < -0.3 is 20.3 Å². The van der Waals surface area contributed by atoms with Crippen molar-refractivity contribution in [2.24, 2.45) is 51.5 Å². The van der Waals surface area contributed by atoms with Gasteiger partial charge >= 0.3 is 5.97 Å². The van der Waals surface area contributed by atoms with E-state index in [-0.39, 0.29) is 86.3 Å². The molecule has 0 saturated heterocycles. The molecular formula is C28H44N4O7S2.